The summed E-state index contributed by atoms with van der Waals surface area (Å²) in [6.07, 6.45) is 14.1. The lowest BCUT2D eigenvalue weighted by molar-refractivity contribution is 0.158. The first kappa shape index (κ1) is 35.9. The molecule has 0 aromatic heterocycles. The summed E-state index contributed by atoms with van der Waals surface area (Å²) in [5, 5.41) is 2.24. The molecular weight excluding hydrogens is 634 g/mol. The number of unbranched alkanes of at least 4 members (excludes halogenated alkanes) is 4. The standard InChI is InChI=1S/C33H46Cl4N2O2.ClH/c34-30-8-6-28(24-32(30)36)40-22-14-26-10-18-38(19-11-26)16-4-2-1-3-5-17-39-20-12-27(13-21-39)15-23-41-29-7-9-31(35)33(37)25-29;/h6-9,24-27H,1-5,10-23H2;1H. The molecule has 236 valence electrons. The van der Waals surface area contributed by atoms with Gasteiger partial charge < -0.3 is 19.3 Å². The third-order valence-corrected chi connectivity index (χ3v) is 10.2. The monoisotopic (exact) mass is 678 g/mol. The first-order chi connectivity index (χ1) is 20.0. The van der Waals surface area contributed by atoms with Crippen LogP contribution in [0.25, 0.3) is 0 Å². The lowest BCUT2D eigenvalue weighted by atomic mass is 9.93. The number of nitrogens with zero attached hydrogens (tertiary/aromatic N) is 2. The van der Waals surface area contributed by atoms with E-state index < -0.39 is 0 Å². The maximum absolute atomic E-state index is 6.08. The highest BCUT2D eigenvalue weighted by molar-refractivity contribution is 6.42. The summed E-state index contributed by atoms with van der Waals surface area (Å²) >= 11 is 24.1. The molecule has 4 nitrogen and oxygen atoms in total. The minimum Gasteiger partial charge on any atom is -0.494 e. The van der Waals surface area contributed by atoms with Gasteiger partial charge in [-0.15, -0.1) is 12.4 Å². The number of hydrogen-bond donors (Lipinski definition) is 0. The molecule has 2 aliphatic rings. The van der Waals surface area contributed by atoms with Gasteiger partial charge in [0.25, 0.3) is 0 Å². The lowest BCUT2D eigenvalue weighted by Crippen LogP contribution is -2.35. The van der Waals surface area contributed by atoms with E-state index >= 15 is 0 Å². The molecule has 0 unspecified atom stereocenters. The summed E-state index contributed by atoms with van der Waals surface area (Å²) in [4.78, 5) is 5.33. The first-order valence-electron chi connectivity index (χ1n) is 15.6. The van der Waals surface area contributed by atoms with Crippen molar-refractivity contribution >= 4 is 58.8 Å². The van der Waals surface area contributed by atoms with E-state index in [-0.39, 0.29) is 12.4 Å². The van der Waals surface area contributed by atoms with Gasteiger partial charge in [0.2, 0.25) is 0 Å². The average Bonchev–Trinajstić information content (AvgIpc) is 2.98. The molecule has 2 aromatic carbocycles. The number of benzene rings is 2. The zero-order valence-electron chi connectivity index (χ0n) is 24.7. The first-order valence-corrected chi connectivity index (χ1v) is 17.1. The second-order valence-electron chi connectivity index (χ2n) is 11.8. The summed E-state index contributed by atoms with van der Waals surface area (Å²) in [5.74, 6) is 3.14. The van der Waals surface area contributed by atoms with Gasteiger partial charge in [0.15, 0.2) is 0 Å². The Bertz CT molecular complexity index is 962. The summed E-state index contributed by atoms with van der Waals surface area (Å²) in [6, 6.07) is 11.0. The molecule has 2 saturated heterocycles. The fourth-order valence-corrected chi connectivity index (χ4v) is 6.59. The molecule has 42 heavy (non-hydrogen) atoms. The van der Waals surface area contributed by atoms with Gasteiger partial charge in [0.05, 0.1) is 33.3 Å². The Morgan fingerprint density at radius 3 is 1.31 bits per heavy atom. The fraction of sp³-hybridized carbons (Fsp3) is 0.636. The van der Waals surface area contributed by atoms with E-state index in [1.165, 1.54) is 97.1 Å². The number of rotatable bonds is 16. The fourth-order valence-electron chi connectivity index (χ4n) is 6.02. The van der Waals surface area contributed by atoms with Crippen LogP contribution in [0.3, 0.4) is 0 Å². The van der Waals surface area contributed by atoms with Crippen molar-refractivity contribution in [2.75, 3.05) is 52.5 Å². The van der Waals surface area contributed by atoms with E-state index in [0.29, 0.717) is 20.1 Å². The molecule has 0 saturated carbocycles. The van der Waals surface area contributed by atoms with Crippen LogP contribution in [-0.2, 0) is 0 Å². The summed E-state index contributed by atoms with van der Waals surface area (Å²) in [6.45, 7) is 8.94. The Labute approximate surface area is 279 Å². The molecule has 9 heteroatoms. The van der Waals surface area contributed by atoms with E-state index in [1.54, 1.807) is 24.3 Å². The maximum atomic E-state index is 6.08. The highest BCUT2D eigenvalue weighted by atomic mass is 35.5. The number of likely N-dealkylation sites (tertiary alicyclic amines) is 2. The molecule has 0 amide bonds. The van der Waals surface area contributed by atoms with E-state index in [9.17, 15) is 0 Å². The molecule has 2 aromatic rings. The lowest BCUT2D eigenvalue weighted by Gasteiger charge is -2.32. The molecule has 0 bridgehead atoms. The Morgan fingerprint density at radius 2 is 0.929 bits per heavy atom. The largest absolute Gasteiger partial charge is 0.494 e. The van der Waals surface area contributed by atoms with E-state index in [2.05, 4.69) is 9.80 Å². The molecule has 0 atom stereocenters. The molecule has 2 aliphatic heterocycles. The predicted octanol–water partition coefficient (Wildman–Crippen LogP) is 10.3. The molecule has 4 rings (SSSR count). The van der Waals surface area contributed by atoms with Gasteiger partial charge in [0, 0.05) is 12.1 Å². The number of halogens is 5. The van der Waals surface area contributed by atoms with Gasteiger partial charge in [-0.25, -0.2) is 0 Å². The molecule has 2 fully saturated rings. The van der Waals surface area contributed by atoms with Crippen LogP contribution in [0.5, 0.6) is 11.5 Å². The molecule has 0 spiro atoms. The molecule has 0 radical (unpaired) electrons. The van der Waals surface area contributed by atoms with Crippen LogP contribution in [-0.4, -0.2) is 62.3 Å². The Kier molecular flexibility index (Phi) is 16.9. The second-order valence-corrected chi connectivity index (χ2v) is 13.4. The van der Waals surface area contributed by atoms with Crippen molar-refractivity contribution in [2.24, 2.45) is 11.8 Å². The highest BCUT2D eigenvalue weighted by Gasteiger charge is 2.20. The number of hydrogen-bond acceptors (Lipinski definition) is 4. The number of piperidine rings is 2. The van der Waals surface area contributed by atoms with Gasteiger partial charge in [0.1, 0.15) is 11.5 Å². The minimum atomic E-state index is 0. The van der Waals surface area contributed by atoms with Crippen LogP contribution in [0.2, 0.25) is 20.1 Å². The highest BCUT2D eigenvalue weighted by Crippen LogP contribution is 2.29. The van der Waals surface area contributed by atoms with Crippen LogP contribution in [0.4, 0.5) is 0 Å². The zero-order valence-corrected chi connectivity index (χ0v) is 28.5. The topological polar surface area (TPSA) is 24.9 Å². The number of ether oxygens (including phenoxy) is 2. The van der Waals surface area contributed by atoms with Crippen molar-refractivity contribution in [1.82, 2.24) is 9.80 Å². The predicted molar refractivity (Wildman–Crippen MR) is 182 cm³/mol. The zero-order chi connectivity index (χ0) is 28.9. The normalized spacial score (nSPS) is 17.2. The quantitative estimate of drug-likeness (QED) is 0.165. The van der Waals surface area contributed by atoms with Gasteiger partial charge in [-0.05, 0) is 127 Å². The van der Waals surface area contributed by atoms with Crippen LogP contribution < -0.4 is 9.47 Å². The van der Waals surface area contributed by atoms with Gasteiger partial charge in [-0.2, -0.15) is 0 Å². The van der Waals surface area contributed by atoms with Gasteiger partial charge in [-0.1, -0.05) is 65.7 Å². The second kappa shape index (κ2) is 19.7. The summed E-state index contributed by atoms with van der Waals surface area (Å²) < 4.78 is 11.8. The Morgan fingerprint density at radius 1 is 0.548 bits per heavy atom. The van der Waals surface area contributed by atoms with E-state index in [4.69, 9.17) is 55.9 Å². The van der Waals surface area contributed by atoms with Crippen molar-refractivity contribution in [2.45, 2.75) is 70.6 Å². The summed E-state index contributed by atoms with van der Waals surface area (Å²) in [7, 11) is 0. The van der Waals surface area contributed by atoms with Crippen molar-refractivity contribution < 1.29 is 9.47 Å². The van der Waals surface area contributed by atoms with Crippen LogP contribution in [0, 0.1) is 11.8 Å². The average molecular weight is 681 g/mol. The van der Waals surface area contributed by atoms with Crippen molar-refractivity contribution in [3.05, 3.63) is 56.5 Å². The van der Waals surface area contributed by atoms with Crippen molar-refractivity contribution in [3.63, 3.8) is 0 Å². The molecular formula is C33H47Cl5N2O2. The van der Waals surface area contributed by atoms with Crippen molar-refractivity contribution in [3.8, 4) is 11.5 Å². The molecule has 0 N–H and O–H groups in total. The van der Waals surface area contributed by atoms with Crippen LogP contribution >= 0.6 is 58.8 Å². The smallest absolute Gasteiger partial charge is 0.120 e. The van der Waals surface area contributed by atoms with Crippen molar-refractivity contribution in [1.29, 1.82) is 0 Å². The third-order valence-electron chi connectivity index (χ3n) is 8.73. The van der Waals surface area contributed by atoms with E-state index in [0.717, 1.165) is 49.4 Å². The van der Waals surface area contributed by atoms with Crippen LogP contribution in [0.15, 0.2) is 36.4 Å². The Balaban J connectivity index is 0.00000484. The third kappa shape index (κ3) is 12.8. The van der Waals surface area contributed by atoms with E-state index in [1.807, 2.05) is 12.1 Å². The molecule has 0 aliphatic carbocycles. The summed E-state index contributed by atoms with van der Waals surface area (Å²) in [5.41, 5.74) is 0. The van der Waals surface area contributed by atoms with Gasteiger partial charge in [-0.3, -0.25) is 0 Å². The van der Waals surface area contributed by atoms with Gasteiger partial charge >= 0.3 is 0 Å². The molecule has 2 heterocycles. The SMILES string of the molecule is Cl.Clc1ccc(OCCC2CCN(CCCCCCCN3CCC(CCOc4ccc(Cl)c(Cl)c4)CC3)CC2)cc1Cl. The maximum Gasteiger partial charge on any atom is 0.120 e. The Hall–Kier alpha value is -0.590. The van der Waals surface area contributed by atoms with Crippen LogP contribution in [0.1, 0.15) is 70.6 Å². The minimum absolute atomic E-state index is 0.